The molecular weight excluding hydrogens is 210 g/mol. The fourth-order valence-electron chi connectivity index (χ4n) is 1.42. The minimum atomic E-state index is -0.536. The molecule has 0 aromatic rings. The summed E-state index contributed by atoms with van der Waals surface area (Å²) < 4.78 is 5.10. The monoisotopic (exact) mass is 229 g/mol. The van der Waals surface area contributed by atoms with E-state index in [0.29, 0.717) is 6.54 Å². The van der Waals surface area contributed by atoms with Crippen LogP contribution >= 0.6 is 0 Å². The van der Waals surface area contributed by atoms with Crippen LogP contribution in [0.15, 0.2) is 0 Å². The second kappa shape index (κ2) is 4.69. The number of nitrogens with two attached hydrogens (primary N) is 1. The second-order valence-electron chi connectivity index (χ2n) is 4.92. The van der Waals surface area contributed by atoms with Crippen LogP contribution in [0.1, 0.15) is 27.2 Å². The van der Waals surface area contributed by atoms with Gasteiger partial charge in [-0.25, -0.2) is 4.79 Å². The Kier molecular flexibility index (Phi) is 3.74. The Hall–Kier alpha value is -1.30. The van der Waals surface area contributed by atoms with E-state index in [1.807, 2.05) is 0 Å². The Morgan fingerprint density at radius 2 is 2.19 bits per heavy atom. The molecule has 0 bridgehead atoms. The Morgan fingerprint density at radius 3 is 2.69 bits per heavy atom. The maximum absolute atomic E-state index is 11.5. The Morgan fingerprint density at radius 1 is 1.56 bits per heavy atom. The van der Waals surface area contributed by atoms with E-state index in [1.54, 1.807) is 20.8 Å². The average molecular weight is 229 g/mol. The van der Waals surface area contributed by atoms with E-state index in [4.69, 9.17) is 10.5 Å². The van der Waals surface area contributed by atoms with Crippen molar-refractivity contribution in [3.8, 4) is 0 Å². The SMILES string of the molecule is CC(C)(C)OC(=O)NC1CNC(=O)C[C@@H]1N. The molecule has 92 valence electrons. The molecule has 1 aliphatic rings. The van der Waals surface area contributed by atoms with E-state index in [9.17, 15) is 9.59 Å². The minimum Gasteiger partial charge on any atom is -0.444 e. The van der Waals surface area contributed by atoms with Gasteiger partial charge in [0.05, 0.1) is 6.04 Å². The van der Waals surface area contributed by atoms with Gasteiger partial charge in [0.15, 0.2) is 0 Å². The molecule has 0 aromatic carbocycles. The van der Waals surface area contributed by atoms with Crippen LogP contribution in [0.5, 0.6) is 0 Å². The summed E-state index contributed by atoms with van der Waals surface area (Å²) in [4.78, 5) is 22.5. The van der Waals surface area contributed by atoms with Crippen LogP contribution in [0.25, 0.3) is 0 Å². The normalized spacial score (nSPS) is 25.9. The quantitative estimate of drug-likeness (QED) is 0.577. The molecule has 0 aliphatic carbocycles. The third-order valence-electron chi connectivity index (χ3n) is 2.16. The molecule has 1 rings (SSSR count). The largest absolute Gasteiger partial charge is 0.444 e. The molecule has 6 heteroatoms. The maximum atomic E-state index is 11.5. The van der Waals surface area contributed by atoms with Crippen LogP contribution in [-0.2, 0) is 9.53 Å². The third kappa shape index (κ3) is 4.06. The number of ether oxygens (including phenoxy) is 1. The molecule has 6 nitrogen and oxygen atoms in total. The van der Waals surface area contributed by atoms with Gasteiger partial charge in [0.25, 0.3) is 0 Å². The van der Waals surface area contributed by atoms with Crippen molar-refractivity contribution < 1.29 is 14.3 Å². The molecule has 0 saturated carbocycles. The number of rotatable bonds is 1. The summed E-state index contributed by atoms with van der Waals surface area (Å²) in [5.41, 5.74) is 5.21. The predicted octanol–water partition coefficient (Wildman–Crippen LogP) is -0.273. The summed E-state index contributed by atoms with van der Waals surface area (Å²) >= 11 is 0. The number of hydrogen-bond donors (Lipinski definition) is 3. The van der Waals surface area contributed by atoms with Crippen LogP contribution in [0.3, 0.4) is 0 Å². The molecule has 4 N–H and O–H groups in total. The highest BCUT2D eigenvalue weighted by Crippen LogP contribution is 2.08. The van der Waals surface area contributed by atoms with Crippen molar-refractivity contribution in [2.24, 2.45) is 5.73 Å². The Labute approximate surface area is 94.9 Å². The van der Waals surface area contributed by atoms with E-state index in [-0.39, 0.29) is 24.4 Å². The molecule has 0 aromatic heterocycles. The minimum absolute atomic E-state index is 0.0882. The van der Waals surface area contributed by atoms with Gasteiger partial charge in [-0.05, 0) is 20.8 Å². The van der Waals surface area contributed by atoms with Gasteiger partial charge in [0, 0.05) is 19.0 Å². The first-order valence-electron chi connectivity index (χ1n) is 5.30. The van der Waals surface area contributed by atoms with Gasteiger partial charge in [-0.1, -0.05) is 0 Å². The fourth-order valence-corrected chi connectivity index (χ4v) is 1.42. The Balaban J connectivity index is 2.42. The number of hydrogen-bond acceptors (Lipinski definition) is 4. The first-order chi connectivity index (χ1) is 7.28. The molecule has 1 heterocycles. The summed E-state index contributed by atoms with van der Waals surface area (Å²) in [6.07, 6.45) is -0.287. The van der Waals surface area contributed by atoms with Gasteiger partial charge in [-0.15, -0.1) is 0 Å². The van der Waals surface area contributed by atoms with Crippen molar-refractivity contribution in [1.29, 1.82) is 0 Å². The lowest BCUT2D eigenvalue weighted by Gasteiger charge is -2.30. The highest BCUT2D eigenvalue weighted by atomic mass is 16.6. The zero-order chi connectivity index (χ0) is 12.3. The van der Waals surface area contributed by atoms with Crippen LogP contribution in [-0.4, -0.2) is 36.2 Å². The van der Waals surface area contributed by atoms with Crippen LogP contribution in [0.4, 0.5) is 4.79 Å². The first kappa shape index (κ1) is 12.8. The summed E-state index contributed by atoms with van der Waals surface area (Å²) in [7, 11) is 0. The summed E-state index contributed by atoms with van der Waals surface area (Å²) in [6.45, 7) is 5.71. The van der Waals surface area contributed by atoms with Crippen molar-refractivity contribution in [2.75, 3.05) is 6.54 Å². The van der Waals surface area contributed by atoms with Crippen LogP contribution < -0.4 is 16.4 Å². The molecule has 0 spiro atoms. The Bertz CT molecular complexity index is 286. The van der Waals surface area contributed by atoms with Crippen molar-refractivity contribution >= 4 is 12.0 Å². The average Bonchev–Trinajstić information content (AvgIpc) is 2.06. The molecule has 1 fully saturated rings. The lowest BCUT2D eigenvalue weighted by molar-refractivity contribution is -0.123. The zero-order valence-electron chi connectivity index (χ0n) is 9.87. The molecule has 0 radical (unpaired) electrons. The van der Waals surface area contributed by atoms with Crippen LogP contribution in [0.2, 0.25) is 0 Å². The number of piperidine rings is 1. The lowest BCUT2D eigenvalue weighted by Crippen LogP contribution is -2.59. The molecular formula is C10H19N3O3. The third-order valence-corrected chi connectivity index (χ3v) is 2.16. The van der Waals surface area contributed by atoms with Gasteiger partial charge >= 0.3 is 6.09 Å². The molecule has 2 atom stereocenters. The predicted molar refractivity (Wildman–Crippen MR) is 58.8 cm³/mol. The van der Waals surface area contributed by atoms with Gasteiger partial charge in [0.1, 0.15) is 5.60 Å². The van der Waals surface area contributed by atoms with E-state index in [2.05, 4.69) is 10.6 Å². The van der Waals surface area contributed by atoms with Crippen molar-refractivity contribution in [3.63, 3.8) is 0 Å². The van der Waals surface area contributed by atoms with Crippen LogP contribution in [0, 0.1) is 0 Å². The highest BCUT2D eigenvalue weighted by molar-refractivity contribution is 5.78. The van der Waals surface area contributed by atoms with Gasteiger partial charge < -0.3 is 21.1 Å². The number of amides is 2. The molecule has 1 saturated heterocycles. The van der Waals surface area contributed by atoms with Crippen molar-refractivity contribution in [1.82, 2.24) is 10.6 Å². The molecule has 16 heavy (non-hydrogen) atoms. The van der Waals surface area contributed by atoms with E-state index >= 15 is 0 Å². The van der Waals surface area contributed by atoms with E-state index in [1.165, 1.54) is 0 Å². The van der Waals surface area contributed by atoms with Gasteiger partial charge in [0.2, 0.25) is 5.91 Å². The number of alkyl carbamates (subject to hydrolysis) is 1. The van der Waals surface area contributed by atoms with Crippen molar-refractivity contribution in [3.05, 3.63) is 0 Å². The summed E-state index contributed by atoms with van der Waals surface area (Å²) in [5, 5.41) is 5.29. The number of carbonyl (C=O) groups is 2. The zero-order valence-corrected chi connectivity index (χ0v) is 9.87. The fraction of sp³-hybridized carbons (Fsp3) is 0.800. The highest BCUT2D eigenvalue weighted by Gasteiger charge is 2.28. The number of carbonyl (C=O) groups excluding carboxylic acids is 2. The second-order valence-corrected chi connectivity index (χ2v) is 4.92. The van der Waals surface area contributed by atoms with Gasteiger partial charge in [-0.3, -0.25) is 4.79 Å². The maximum Gasteiger partial charge on any atom is 0.407 e. The van der Waals surface area contributed by atoms with Gasteiger partial charge in [-0.2, -0.15) is 0 Å². The smallest absolute Gasteiger partial charge is 0.407 e. The summed E-state index contributed by atoms with van der Waals surface area (Å²) in [5.74, 6) is -0.0882. The topological polar surface area (TPSA) is 93.5 Å². The van der Waals surface area contributed by atoms with E-state index < -0.39 is 11.7 Å². The number of nitrogens with one attached hydrogen (secondary N) is 2. The molecule has 1 unspecified atom stereocenters. The first-order valence-corrected chi connectivity index (χ1v) is 5.30. The molecule has 1 aliphatic heterocycles. The summed E-state index contributed by atoms with van der Waals surface area (Å²) in [6, 6.07) is -0.631. The molecule has 2 amide bonds. The van der Waals surface area contributed by atoms with E-state index in [0.717, 1.165) is 0 Å². The van der Waals surface area contributed by atoms with Crippen molar-refractivity contribution in [2.45, 2.75) is 44.9 Å². The standard InChI is InChI=1S/C10H19N3O3/c1-10(2,3)16-9(15)13-7-5-12-8(14)4-6(7)11/h6-7H,4-5,11H2,1-3H3,(H,12,14)(H,13,15)/t6-,7?/m0/s1. The lowest BCUT2D eigenvalue weighted by atomic mass is 10.0.